The number of esters is 1. The summed E-state index contributed by atoms with van der Waals surface area (Å²) >= 11 is 0. The van der Waals surface area contributed by atoms with Gasteiger partial charge in [0.2, 0.25) is 0 Å². The minimum absolute atomic E-state index is 0.0316. The van der Waals surface area contributed by atoms with Crippen LogP contribution in [-0.4, -0.2) is 25.2 Å². The van der Waals surface area contributed by atoms with Crippen LogP contribution in [0.15, 0.2) is 0 Å². The van der Waals surface area contributed by atoms with Gasteiger partial charge in [0.25, 0.3) is 0 Å². The molecule has 1 saturated carbocycles. The number of hydrogen-bond acceptors (Lipinski definition) is 3. The van der Waals surface area contributed by atoms with Gasteiger partial charge < -0.3 is 10.1 Å². The molecular weight excluding hydrogens is 178 g/mol. The zero-order chi connectivity index (χ0) is 9.80. The summed E-state index contributed by atoms with van der Waals surface area (Å²) in [6.45, 7) is 1.86. The third kappa shape index (κ3) is 2.47. The van der Waals surface area contributed by atoms with Crippen LogP contribution in [0.2, 0.25) is 0 Å². The number of nitrogens with one attached hydrogen (secondary N) is 1. The molecule has 1 N–H and O–H groups in total. The molecule has 0 radical (unpaired) electrons. The Kier molecular flexibility index (Phi) is 3.40. The summed E-state index contributed by atoms with van der Waals surface area (Å²) in [5.74, 6) is 0.147. The number of hydrogen-bond donors (Lipinski definition) is 1. The predicted molar refractivity (Wildman–Crippen MR) is 53.9 cm³/mol. The van der Waals surface area contributed by atoms with E-state index in [2.05, 4.69) is 5.32 Å². The normalized spacial score (nSPS) is 29.0. The quantitative estimate of drug-likeness (QED) is 0.681. The second-order valence-corrected chi connectivity index (χ2v) is 4.39. The zero-order valence-electron chi connectivity index (χ0n) is 8.63. The summed E-state index contributed by atoms with van der Waals surface area (Å²) in [5, 5.41) is 3.24. The van der Waals surface area contributed by atoms with Crippen LogP contribution in [-0.2, 0) is 9.53 Å². The molecule has 1 heterocycles. The Hall–Kier alpha value is -0.570. The molecule has 1 aliphatic heterocycles. The number of ether oxygens (including phenoxy) is 1. The Morgan fingerprint density at radius 3 is 2.57 bits per heavy atom. The third-order valence-electron chi connectivity index (χ3n) is 3.22. The Morgan fingerprint density at radius 1 is 1.14 bits per heavy atom. The highest BCUT2D eigenvalue weighted by molar-refractivity contribution is 5.73. The lowest BCUT2D eigenvalue weighted by Crippen LogP contribution is -2.36. The van der Waals surface area contributed by atoms with Crippen molar-refractivity contribution in [3.63, 3.8) is 0 Å². The van der Waals surface area contributed by atoms with Crippen molar-refractivity contribution in [1.82, 2.24) is 5.32 Å². The van der Waals surface area contributed by atoms with Crippen LogP contribution in [0.3, 0.4) is 0 Å². The Bertz CT molecular complexity index is 193. The number of carbonyl (C=O) groups is 1. The first-order chi connectivity index (χ1) is 6.86. The monoisotopic (exact) mass is 197 g/mol. The molecule has 0 amide bonds. The van der Waals surface area contributed by atoms with Crippen LogP contribution in [0, 0.1) is 5.92 Å². The van der Waals surface area contributed by atoms with Crippen molar-refractivity contribution in [2.45, 2.75) is 44.6 Å². The zero-order valence-corrected chi connectivity index (χ0v) is 8.63. The molecule has 0 aromatic heterocycles. The Balaban J connectivity index is 1.75. The van der Waals surface area contributed by atoms with Gasteiger partial charge in [-0.05, 0) is 45.1 Å². The molecule has 0 spiro atoms. The van der Waals surface area contributed by atoms with Gasteiger partial charge in [0.1, 0.15) is 6.10 Å². The number of rotatable bonds is 2. The van der Waals surface area contributed by atoms with Crippen molar-refractivity contribution in [2.75, 3.05) is 13.1 Å². The molecule has 3 heteroatoms. The van der Waals surface area contributed by atoms with E-state index in [4.69, 9.17) is 4.74 Å². The first-order valence-corrected chi connectivity index (χ1v) is 5.77. The molecule has 0 unspecified atom stereocenters. The maximum absolute atomic E-state index is 11.7. The number of carbonyl (C=O) groups excluding carboxylic acids is 1. The van der Waals surface area contributed by atoms with E-state index in [0.717, 1.165) is 38.8 Å². The molecule has 2 rings (SSSR count). The molecule has 0 aromatic carbocycles. The van der Waals surface area contributed by atoms with Crippen LogP contribution < -0.4 is 5.32 Å². The van der Waals surface area contributed by atoms with Gasteiger partial charge in [-0.1, -0.05) is 0 Å². The van der Waals surface area contributed by atoms with E-state index in [9.17, 15) is 4.79 Å². The molecule has 1 aliphatic carbocycles. The van der Waals surface area contributed by atoms with Gasteiger partial charge in [0.15, 0.2) is 0 Å². The van der Waals surface area contributed by atoms with Crippen molar-refractivity contribution >= 4 is 5.97 Å². The largest absolute Gasteiger partial charge is 0.462 e. The fourth-order valence-electron chi connectivity index (χ4n) is 2.32. The highest BCUT2D eigenvalue weighted by Crippen LogP contribution is 2.23. The van der Waals surface area contributed by atoms with Gasteiger partial charge in [-0.15, -0.1) is 0 Å². The lowest BCUT2D eigenvalue weighted by molar-refractivity contribution is -0.154. The van der Waals surface area contributed by atoms with Crippen LogP contribution in [0.5, 0.6) is 0 Å². The van der Waals surface area contributed by atoms with Gasteiger partial charge in [-0.3, -0.25) is 4.79 Å². The summed E-state index contributed by atoms with van der Waals surface area (Å²) in [7, 11) is 0. The molecule has 2 aliphatic rings. The molecule has 2 fully saturated rings. The molecule has 1 saturated heterocycles. The summed E-state index contributed by atoms with van der Waals surface area (Å²) < 4.78 is 5.47. The van der Waals surface area contributed by atoms with E-state index >= 15 is 0 Å². The van der Waals surface area contributed by atoms with Crippen LogP contribution in [0.1, 0.15) is 38.5 Å². The summed E-state index contributed by atoms with van der Waals surface area (Å²) in [6.07, 6.45) is 6.92. The van der Waals surface area contributed by atoms with Crippen LogP contribution in [0.25, 0.3) is 0 Å². The average molecular weight is 197 g/mol. The predicted octanol–water partition coefficient (Wildman–Crippen LogP) is 1.47. The minimum atomic E-state index is 0.0316. The van der Waals surface area contributed by atoms with E-state index in [1.54, 1.807) is 0 Å². The number of piperidine rings is 1. The SMILES string of the molecule is O=C(OC1CCCC1)[C@H]1CCCNC1. The van der Waals surface area contributed by atoms with E-state index < -0.39 is 0 Å². The van der Waals surface area contributed by atoms with E-state index in [1.165, 1.54) is 12.8 Å². The van der Waals surface area contributed by atoms with E-state index in [0.29, 0.717) is 0 Å². The van der Waals surface area contributed by atoms with Gasteiger partial charge in [0.05, 0.1) is 5.92 Å². The van der Waals surface area contributed by atoms with Crippen LogP contribution >= 0.6 is 0 Å². The third-order valence-corrected chi connectivity index (χ3v) is 3.22. The fraction of sp³-hybridized carbons (Fsp3) is 0.909. The topological polar surface area (TPSA) is 38.3 Å². The first-order valence-electron chi connectivity index (χ1n) is 5.77. The summed E-state index contributed by atoms with van der Waals surface area (Å²) in [4.78, 5) is 11.7. The minimum Gasteiger partial charge on any atom is -0.462 e. The van der Waals surface area contributed by atoms with Crippen molar-refractivity contribution in [3.05, 3.63) is 0 Å². The Morgan fingerprint density at radius 2 is 1.93 bits per heavy atom. The first kappa shape index (κ1) is 9.97. The maximum Gasteiger partial charge on any atom is 0.310 e. The standard InChI is InChI=1S/C11H19NO2/c13-11(9-4-3-7-12-8-9)14-10-5-1-2-6-10/h9-10,12H,1-8H2/t9-/m0/s1. The lowest BCUT2D eigenvalue weighted by Gasteiger charge is -2.22. The summed E-state index contributed by atoms with van der Waals surface area (Å²) in [6, 6.07) is 0. The van der Waals surface area contributed by atoms with Crippen molar-refractivity contribution in [3.8, 4) is 0 Å². The summed E-state index contributed by atoms with van der Waals surface area (Å²) in [5.41, 5.74) is 0. The highest BCUT2D eigenvalue weighted by atomic mass is 16.5. The molecule has 14 heavy (non-hydrogen) atoms. The van der Waals surface area contributed by atoms with Crippen molar-refractivity contribution < 1.29 is 9.53 Å². The van der Waals surface area contributed by atoms with E-state index in [1.807, 2.05) is 0 Å². The fourth-order valence-corrected chi connectivity index (χ4v) is 2.32. The smallest absolute Gasteiger partial charge is 0.310 e. The van der Waals surface area contributed by atoms with Crippen molar-refractivity contribution in [2.24, 2.45) is 5.92 Å². The van der Waals surface area contributed by atoms with Gasteiger partial charge in [-0.25, -0.2) is 0 Å². The van der Waals surface area contributed by atoms with Crippen LogP contribution in [0.4, 0.5) is 0 Å². The van der Waals surface area contributed by atoms with Gasteiger partial charge in [-0.2, -0.15) is 0 Å². The molecule has 3 nitrogen and oxygen atoms in total. The molecule has 0 bridgehead atoms. The lowest BCUT2D eigenvalue weighted by atomic mass is 10.00. The maximum atomic E-state index is 11.7. The average Bonchev–Trinajstić information content (AvgIpc) is 2.72. The van der Waals surface area contributed by atoms with E-state index in [-0.39, 0.29) is 18.0 Å². The molecule has 1 atom stereocenters. The highest BCUT2D eigenvalue weighted by Gasteiger charge is 2.26. The second kappa shape index (κ2) is 4.78. The Labute approximate surface area is 85.2 Å². The molecule has 0 aromatic rings. The van der Waals surface area contributed by atoms with Gasteiger partial charge >= 0.3 is 5.97 Å². The molecule has 80 valence electrons. The van der Waals surface area contributed by atoms with Gasteiger partial charge in [0, 0.05) is 6.54 Å². The van der Waals surface area contributed by atoms with Crippen molar-refractivity contribution in [1.29, 1.82) is 0 Å². The second-order valence-electron chi connectivity index (χ2n) is 4.39. The molecular formula is C11H19NO2.